The van der Waals surface area contributed by atoms with Crippen molar-refractivity contribution >= 4 is 5.82 Å². The van der Waals surface area contributed by atoms with Gasteiger partial charge in [0.1, 0.15) is 17.0 Å². The maximum Gasteiger partial charge on any atom is 0.351 e. The van der Waals surface area contributed by atoms with Crippen molar-refractivity contribution in [2.24, 2.45) is 0 Å². The van der Waals surface area contributed by atoms with E-state index in [-0.39, 0.29) is 18.7 Å². The van der Waals surface area contributed by atoms with Crippen molar-refractivity contribution in [1.82, 2.24) is 14.6 Å². The predicted octanol–water partition coefficient (Wildman–Crippen LogP) is 16.1. The van der Waals surface area contributed by atoms with Crippen molar-refractivity contribution in [2.75, 3.05) is 12.3 Å². The first kappa shape index (κ1) is 59.6. The number of aromatic nitrogens is 2. The molecule has 0 bridgehead atoms. The number of ether oxygens (including phenoxy) is 1. The van der Waals surface area contributed by atoms with Crippen LogP contribution >= 0.6 is 0 Å². The second kappa shape index (κ2) is 39.3. The quantitative estimate of drug-likeness (QED) is 0.0375. The zero-order valence-electron chi connectivity index (χ0n) is 43.2. The van der Waals surface area contributed by atoms with Crippen molar-refractivity contribution < 1.29 is 20.2 Å². The lowest BCUT2D eigenvalue weighted by molar-refractivity contribution is -0.263. The van der Waals surface area contributed by atoms with Crippen molar-refractivity contribution in [3.63, 3.8) is 0 Å². The summed E-state index contributed by atoms with van der Waals surface area (Å²) in [5.74, 6) is 0.0931. The molecule has 0 aliphatic carbocycles. The van der Waals surface area contributed by atoms with Crippen LogP contribution in [0.4, 0.5) is 5.82 Å². The second-order valence-corrected chi connectivity index (χ2v) is 20.7. The molecule has 1 aromatic rings. The van der Waals surface area contributed by atoms with Crippen LogP contribution in [0.25, 0.3) is 0 Å². The van der Waals surface area contributed by atoms with Crippen LogP contribution < -0.4 is 11.4 Å². The summed E-state index contributed by atoms with van der Waals surface area (Å²) >= 11 is 0. The molecule has 9 heteroatoms. The minimum absolute atomic E-state index is 0.0931. The Bertz CT molecular complexity index is 1280. The number of hydroxylamine groups is 2. The molecule has 2 rings (SSSR count). The first-order valence-electron chi connectivity index (χ1n) is 28.7. The number of hydrogen-bond acceptors (Lipinski definition) is 8. The molecule has 4 atom stereocenters. The largest absolute Gasteiger partial charge is 0.383 e. The number of nitrogens with two attached hydrogens (primary N) is 1. The van der Waals surface area contributed by atoms with E-state index >= 15 is 0 Å². The molecule has 1 aliphatic heterocycles. The van der Waals surface area contributed by atoms with Gasteiger partial charge in [0.2, 0.25) is 0 Å². The Morgan fingerprint density at radius 1 is 0.508 bits per heavy atom. The average Bonchev–Trinajstić information content (AvgIpc) is 3.52. The van der Waals surface area contributed by atoms with Gasteiger partial charge in [-0.05, 0) is 25.3 Å². The SMILES string of the molecule is CCCCCCCCCCCCCCCCN(O)[C@H]1O[C@@H](n2ccc(N)nc2=O)[C@@](O)(CCCCCCCCCCCCCCCC)[C@@]1(O)CCCCCCCCCCCCCCCC. The van der Waals surface area contributed by atoms with Gasteiger partial charge in [0.25, 0.3) is 0 Å². The maximum absolute atomic E-state index is 13.3. The molecular weight excluding hydrogens is 809 g/mol. The number of anilines is 1. The molecule has 382 valence electrons. The summed E-state index contributed by atoms with van der Waals surface area (Å²) in [5, 5.41) is 38.6. The molecule has 1 aliphatic rings. The Labute approximate surface area is 401 Å². The third kappa shape index (κ3) is 25.6. The Kier molecular flexibility index (Phi) is 36.1. The Morgan fingerprint density at radius 2 is 0.800 bits per heavy atom. The highest BCUT2D eigenvalue weighted by Crippen LogP contribution is 2.51. The molecule has 0 aromatic carbocycles. The monoisotopic (exact) mass is 917 g/mol. The number of nitrogen functional groups attached to an aromatic ring is 1. The first-order chi connectivity index (χ1) is 31.7. The lowest BCUT2D eigenvalue weighted by atomic mass is 9.75. The van der Waals surface area contributed by atoms with Crippen LogP contribution in [-0.4, -0.2) is 54.0 Å². The molecule has 5 N–H and O–H groups in total. The summed E-state index contributed by atoms with van der Waals surface area (Å²) in [6, 6.07) is 1.53. The van der Waals surface area contributed by atoms with Gasteiger partial charge < -0.3 is 25.9 Å². The van der Waals surface area contributed by atoms with E-state index in [4.69, 9.17) is 10.5 Å². The summed E-state index contributed by atoms with van der Waals surface area (Å²) in [6.45, 7) is 7.14. The molecule has 1 fully saturated rings. The fraction of sp³-hybridized carbons (Fsp3) is 0.929. The minimum Gasteiger partial charge on any atom is -0.383 e. The molecule has 1 aromatic heterocycles. The fourth-order valence-electron chi connectivity index (χ4n) is 10.4. The maximum atomic E-state index is 13.3. The van der Waals surface area contributed by atoms with Crippen LogP contribution in [-0.2, 0) is 4.74 Å². The molecule has 0 radical (unpaired) electrons. The van der Waals surface area contributed by atoms with Gasteiger partial charge in [0.05, 0.1) is 0 Å². The van der Waals surface area contributed by atoms with E-state index in [0.717, 1.165) is 56.4 Å². The summed E-state index contributed by atoms with van der Waals surface area (Å²) in [7, 11) is 0. The molecule has 2 heterocycles. The Morgan fingerprint density at radius 3 is 1.12 bits per heavy atom. The molecule has 0 unspecified atom stereocenters. The van der Waals surface area contributed by atoms with Crippen LogP contribution in [0.15, 0.2) is 17.1 Å². The zero-order valence-corrected chi connectivity index (χ0v) is 43.2. The molecular formula is C56H108N4O5. The van der Waals surface area contributed by atoms with Gasteiger partial charge in [-0.2, -0.15) is 10.0 Å². The van der Waals surface area contributed by atoms with E-state index in [1.165, 1.54) is 222 Å². The lowest BCUT2D eigenvalue weighted by Gasteiger charge is -2.42. The highest BCUT2D eigenvalue weighted by atomic mass is 16.6. The van der Waals surface area contributed by atoms with Gasteiger partial charge in [-0.25, -0.2) is 4.79 Å². The first-order valence-corrected chi connectivity index (χ1v) is 28.7. The average molecular weight is 918 g/mol. The van der Waals surface area contributed by atoms with Crippen LogP contribution in [0, 0.1) is 0 Å². The topological polar surface area (TPSA) is 134 Å². The van der Waals surface area contributed by atoms with Gasteiger partial charge in [0.15, 0.2) is 12.5 Å². The van der Waals surface area contributed by atoms with Crippen LogP contribution in [0.5, 0.6) is 0 Å². The highest BCUT2D eigenvalue weighted by molar-refractivity contribution is 5.24. The van der Waals surface area contributed by atoms with E-state index in [1.54, 1.807) is 0 Å². The smallest absolute Gasteiger partial charge is 0.351 e. The summed E-state index contributed by atoms with van der Waals surface area (Å²) < 4.78 is 7.80. The van der Waals surface area contributed by atoms with Crippen LogP contribution in [0.2, 0.25) is 0 Å². The Balaban J connectivity index is 1.99. The fourth-order valence-corrected chi connectivity index (χ4v) is 10.4. The van der Waals surface area contributed by atoms with E-state index in [1.807, 2.05) is 0 Å². The van der Waals surface area contributed by atoms with Gasteiger partial charge in [-0.15, -0.1) is 0 Å². The normalized spacial score (nSPS) is 19.9. The summed E-state index contributed by atoms with van der Waals surface area (Å²) in [4.78, 5) is 17.3. The molecule has 0 amide bonds. The third-order valence-corrected chi connectivity index (χ3v) is 14.8. The Hall–Kier alpha value is -1.52. The van der Waals surface area contributed by atoms with Crippen molar-refractivity contribution in [3.05, 3.63) is 22.7 Å². The molecule has 1 saturated heterocycles. The number of nitrogens with zero attached hydrogens (tertiary/aromatic N) is 3. The minimum atomic E-state index is -1.82. The molecule has 65 heavy (non-hydrogen) atoms. The van der Waals surface area contributed by atoms with Crippen LogP contribution in [0.3, 0.4) is 0 Å². The van der Waals surface area contributed by atoms with Gasteiger partial charge in [-0.1, -0.05) is 284 Å². The summed E-state index contributed by atoms with van der Waals surface area (Å²) in [5.41, 5.74) is 1.66. The van der Waals surface area contributed by atoms with Gasteiger partial charge >= 0.3 is 5.69 Å². The molecule has 0 spiro atoms. The molecule has 9 nitrogen and oxygen atoms in total. The van der Waals surface area contributed by atoms with E-state index in [9.17, 15) is 20.2 Å². The zero-order chi connectivity index (χ0) is 47.1. The molecule has 0 saturated carbocycles. The number of aliphatic hydroxyl groups is 2. The van der Waals surface area contributed by atoms with Crippen molar-refractivity contribution in [3.8, 4) is 0 Å². The van der Waals surface area contributed by atoms with Crippen molar-refractivity contribution in [2.45, 2.75) is 327 Å². The van der Waals surface area contributed by atoms with Gasteiger partial charge in [0, 0.05) is 12.7 Å². The second-order valence-electron chi connectivity index (χ2n) is 20.7. The number of unbranched alkanes of at least 4 members (excludes halogenated alkanes) is 39. The van der Waals surface area contributed by atoms with E-state index < -0.39 is 29.3 Å². The van der Waals surface area contributed by atoms with Crippen LogP contribution in [0.1, 0.15) is 310 Å². The standard InChI is InChI=1S/C56H108N4O5/c1-4-7-10-13-16-19-22-25-28-31-34-37-40-43-47-55(62)52(59-50-46-51(57)58-54(59)61)65-53(60(64)49-45-42-39-36-33-30-27-24-21-18-15-12-9-6-3)56(55,63)48-44-41-38-35-32-29-26-23-20-17-14-11-8-5-2/h46,50,52-53,62-64H,4-45,47-49H2,1-3H3,(H2,57,58,61)/t52-,53+,55+,56-/m1/s1. The van der Waals surface area contributed by atoms with E-state index in [0.29, 0.717) is 19.4 Å². The number of rotatable bonds is 47. The van der Waals surface area contributed by atoms with Gasteiger partial charge in [-0.3, -0.25) is 4.57 Å². The predicted molar refractivity (Wildman–Crippen MR) is 275 cm³/mol. The third-order valence-electron chi connectivity index (χ3n) is 14.8. The lowest BCUT2D eigenvalue weighted by Crippen LogP contribution is -2.61. The van der Waals surface area contributed by atoms with E-state index in [2.05, 4.69) is 25.8 Å². The highest BCUT2D eigenvalue weighted by Gasteiger charge is 2.67. The summed E-state index contributed by atoms with van der Waals surface area (Å²) in [6.07, 6.45) is 51.3. The van der Waals surface area contributed by atoms with Crippen molar-refractivity contribution in [1.29, 1.82) is 0 Å². The number of hydrogen-bond donors (Lipinski definition) is 4.